The molecule has 3 aromatic rings. The van der Waals surface area contributed by atoms with Crippen LogP contribution < -0.4 is 9.47 Å². The van der Waals surface area contributed by atoms with Gasteiger partial charge in [0.1, 0.15) is 18.5 Å². The highest BCUT2D eigenvalue weighted by molar-refractivity contribution is 5.89. The highest BCUT2D eigenvalue weighted by Crippen LogP contribution is 2.31. The second-order valence-electron chi connectivity index (χ2n) is 7.29. The Hall–Kier alpha value is -3.32. The van der Waals surface area contributed by atoms with Gasteiger partial charge in [-0.25, -0.2) is 9.78 Å². The number of esters is 1. The van der Waals surface area contributed by atoms with Gasteiger partial charge in [-0.05, 0) is 50.4 Å². The van der Waals surface area contributed by atoms with Crippen molar-refractivity contribution in [3.63, 3.8) is 0 Å². The predicted molar refractivity (Wildman–Crippen MR) is 111 cm³/mol. The number of hydrogen-bond acceptors (Lipinski definition) is 7. The van der Waals surface area contributed by atoms with E-state index in [1.54, 1.807) is 24.3 Å². The number of rotatable bonds is 6. The summed E-state index contributed by atoms with van der Waals surface area (Å²) in [7, 11) is 3.38. The summed E-state index contributed by atoms with van der Waals surface area (Å²) in [6, 6.07) is 14.7. The van der Waals surface area contributed by atoms with Crippen molar-refractivity contribution >= 4 is 5.97 Å². The van der Waals surface area contributed by atoms with Crippen molar-refractivity contribution < 1.29 is 23.4 Å². The molecule has 0 saturated heterocycles. The Balaban J connectivity index is 1.39. The number of likely N-dealkylation sites (N-methyl/N-ethyl adjacent to an activating group) is 1. The predicted octanol–water partition coefficient (Wildman–Crippen LogP) is 3.71. The summed E-state index contributed by atoms with van der Waals surface area (Å²) < 4.78 is 22.4. The molecule has 1 aliphatic rings. The Kier molecular flexibility index (Phi) is 5.72. The average Bonchev–Trinajstić information content (AvgIpc) is 3.13. The lowest BCUT2D eigenvalue weighted by atomic mass is 10.1. The van der Waals surface area contributed by atoms with Crippen molar-refractivity contribution in [3.8, 4) is 23.0 Å². The first-order chi connectivity index (χ1) is 14.5. The summed E-state index contributed by atoms with van der Waals surface area (Å²) in [4.78, 5) is 18.4. The molecule has 0 radical (unpaired) electrons. The largest absolute Gasteiger partial charge is 0.486 e. The van der Waals surface area contributed by atoms with Crippen LogP contribution in [-0.4, -0.2) is 49.3 Å². The molecule has 1 aliphatic heterocycles. The number of para-hydroxylation sites is 2. The lowest BCUT2D eigenvalue weighted by Crippen LogP contribution is -2.39. The molecule has 0 N–H and O–H groups in total. The molecular weight excluding hydrogens is 384 g/mol. The van der Waals surface area contributed by atoms with E-state index in [9.17, 15) is 4.79 Å². The molecule has 1 atom stereocenters. The van der Waals surface area contributed by atoms with Gasteiger partial charge < -0.3 is 18.6 Å². The van der Waals surface area contributed by atoms with Gasteiger partial charge in [0.25, 0.3) is 0 Å². The van der Waals surface area contributed by atoms with E-state index in [0.29, 0.717) is 31.2 Å². The monoisotopic (exact) mass is 408 g/mol. The molecule has 0 amide bonds. The highest BCUT2D eigenvalue weighted by Gasteiger charge is 2.23. The zero-order valence-electron chi connectivity index (χ0n) is 17.3. The Morgan fingerprint density at radius 2 is 1.90 bits per heavy atom. The first-order valence-electron chi connectivity index (χ1n) is 9.75. The second-order valence-corrected chi connectivity index (χ2v) is 7.29. The van der Waals surface area contributed by atoms with E-state index in [4.69, 9.17) is 18.6 Å². The molecule has 1 aromatic heterocycles. The van der Waals surface area contributed by atoms with Crippen molar-refractivity contribution in [3.05, 3.63) is 65.5 Å². The van der Waals surface area contributed by atoms with E-state index < -0.39 is 0 Å². The van der Waals surface area contributed by atoms with Gasteiger partial charge in [0.15, 0.2) is 11.5 Å². The zero-order chi connectivity index (χ0) is 21.1. The van der Waals surface area contributed by atoms with E-state index in [0.717, 1.165) is 28.5 Å². The van der Waals surface area contributed by atoms with Gasteiger partial charge >= 0.3 is 5.97 Å². The van der Waals surface area contributed by atoms with Crippen LogP contribution in [0.5, 0.6) is 11.5 Å². The minimum atomic E-state index is -0.371. The number of nitrogens with zero attached hydrogens (tertiary/aromatic N) is 2. The van der Waals surface area contributed by atoms with Crippen LogP contribution in [0.25, 0.3) is 11.5 Å². The van der Waals surface area contributed by atoms with Crippen LogP contribution in [0.1, 0.15) is 21.8 Å². The maximum atomic E-state index is 11.6. The third kappa shape index (κ3) is 4.31. The van der Waals surface area contributed by atoms with Crippen LogP contribution in [-0.2, 0) is 11.3 Å². The van der Waals surface area contributed by atoms with Gasteiger partial charge in [0.05, 0.1) is 18.4 Å². The highest BCUT2D eigenvalue weighted by atomic mass is 16.6. The quantitative estimate of drug-likeness (QED) is 0.576. The zero-order valence-corrected chi connectivity index (χ0v) is 17.3. The van der Waals surface area contributed by atoms with Gasteiger partial charge in [-0.1, -0.05) is 12.1 Å². The fourth-order valence-corrected chi connectivity index (χ4v) is 3.39. The van der Waals surface area contributed by atoms with Crippen LogP contribution in [0.15, 0.2) is 52.9 Å². The van der Waals surface area contributed by atoms with Crippen LogP contribution in [0.4, 0.5) is 0 Å². The molecule has 0 saturated carbocycles. The van der Waals surface area contributed by atoms with E-state index in [-0.39, 0.29) is 12.1 Å². The van der Waals surface area contributed by atoms with Gasteiger partial charge in [-0.2, -0.15) is 0 Å². The minimum absolute atomic E-state index is 0.0533. The summed E-state index contributed by atoms with van der Waals surface area (Å²) in [6.07, 6.45) is -0.0533. The summed E-state index contributed by atoms with van der Waals surface area (Å²) in [5.74, 6) is 2.48. The van der Waals surface area contributed by atoms with Crippen molar-refractivity contribution in [2.75, 3.05) is 27.3 Å². The van der Waals surface area contributed by atoms with Crippen molar-refractivity contribution in [1.82, 2.24) is 9.88 Å². The maximum absolute atomic E-state index is 11.6. The van der Waals surface area contributed by atoms with Crippen LogP contribution >= 0.6 is 0 Å². The molecule has 30 heavy (non-hydrogen) atoms. The Morgan fingerprint density at radius 1 is 1.17 bits per heavy atom. The standard InChI is InChI=1S/C23H24N2O5/c1-15-19(24-22(29-15)16-8-10-17(11-9-16)23(26)27-3)13-25(2)12-18-14-28-20-6-4-5-7-21(20)30-18/h4-11,18H,12-14H2,1-3H3. The molecule has 1 unspecified atom stereocenters. The molecule has 4 rings (SSSR count). The summed E-state index contributed by atoms with van der Waals surface area (Å²) in [6.45, 7) is 3.73. The summed E-state index contributed by atoms with van der Waals surface area (Å²) in [5.41, 5.74) is 2.16. The number of carbonyl (C=O) groups is 1. The van der Waals surface area contributed by atoms with Crippen molar-refractivity contribution in [1.29, 1.82) is 0 Å². The number of aryl methyl sites for hydroxylation is 1. The van der Waals surface area contributed by atoms with Crippen molar-refractivity contribution in [2.45, 2.75) is 19.6 Å². The smallest absolute Gasteiger partial charge is 0.337 e. The number of ether oxygens (including phenoxy) is 3. The molecule has 0 fully saturated rings. The van der Waals surface area contributed by atoms with Crippen LogP contribution in [0, 0.1) is 6.92 Å². The molecule has 156 valence electrons. The fraction of sp³-hybridized carbons (Fsp3) is 0.304. The molecule has 2 heterocycles. The third-order valence-electron chi connectivity index (χ3n) is 4.95. The number of hydrogen-bond donors (Lipinski definition) is 0. The SMILES string of the molecule is COC(=O)c1ccc(-c2nc(CN(C)CC3COc4ccccc4O3)c(C)o2)cc1. The molecule has 7 nitrogen and oxygen atoms in total. The summed E-state index contributed by atoms with van der Waals surface area (Å²) in [5, 5.41) is 0. The number of benzene rings is 2. The Bertz CT molecular complexity index is 1030. The van der Waals surface area contributed by atoms with E-state index in [1.165, 1.54) is 7.11 Å². The molecule has 7 heteroatoms. The Morgan fingerprint density at radius 3 is 2.63 bits per heavy atom. The van der Waals surface area contributed by atoms with E-state index in [1.807, 2.05) is 38.2 Å². The van der Waals surface area contributed by atoms with Crippen LogP contribution in [0.2, 0.25) is 0 Å². The van der Waals surface area contributed by atoms with Gasteiger partial charge in [-0.15, -0.1) is 0 Å². The number of aromatic nitrogens is 1. The number of methoxy groups -OCH3 is 1. The lowest BCUT2D eigenvalue weighted by molar-refractivity contribution is 0.0600. The minimum Gasteiger partial charge on any atom is -0.486 e. The topological polar surface area (TPSA) is 74.0 Å². The van der Waals surface area contributed by atoms with Gasteiger partial charge in [0.2, 0.25) is 5.89 Å². The van der Waals surface area contributed by atoms with Crippen molar-refractivity contribution in [2.24, 2.45) is 0 Å². The van der Waals surface area contributed by atoms with E-state index in [2.05, 4.69) is 9.88 Å². The average molecular weight is 408 g/mol. The fourth-order valence-electron chi connectivity index (χ4n) is 3.39. The summed E-state index contributed by atoms with van der Waals surface area (Å²) >= 11 is 0. The Labute approximate surface area is 175 Å². The number of fused-ring (bicyclic) bond motifs is 1. The molecule has 0 bridgehead atoms. The normalized spacial score (nSPS) is 15.3. The van der Waals surface area contributed by atoms with Crippen LogP contribution in [0.3, 0.4) is 0 Å². The number of carbonyl (C=O) groups excluding carboxylic acids is 1. The number of oxazole rings is 1. The lowest BCUT2D eigenvalue weighted by Gasteiger charge is -2.29. The second kappa shape index (κ2) is 8.59. The molecule has 2 aromatic carbocycles. The first-order valence-corrected chi connectivity index (χ1v) is 9.75. The maximum Gasteiger partial charge on any atom is 0.337 e. The van der Waals surface area contributed by atoms with Gasteiger partial charge in [0, 0.05) is 18.7 Å². The van der Waals surface area contributed by atoms with Gasteiger partial charge in [-0.3, -0.25) is 4.90 Å². The van der Waals surface area contributed by atoms with E-state index >= 15 is 0 Å². The molecule has 0 aliphatic carbocycles. The first kappa shape index (κ1) is 20.0. The molecular formula is C23H24N2O5. The molecule has 0 spiro atoms. The third-order valence-corrected chi connectivity index (χ3v) is 4.95.